The summed E-state index contributed by atoms with van der Waals surface area (Å²) < 4.78 is 72.5. The third kappa shape index (κ3) is 11.2. The lowest BCUT2D eigenvalue weighted by atomic mass is 9.86. The summed E-state index contributed by atoms with van der Waals surface area (Å²) in [6.45, 7) is 4.00. The Labute approximate surface area is 318 Å². The summed E-state index contributed by atoms with van der Waals surface area (Å²) in [5.74, 6) is -3.63. The van der Waals surface area contributed by atoms with Gasteiger partial charge >= 0.3 is 27.3 Å². The van der Waals surface area contributed by atoms with Crippen LogP contribution in [0.1, 0.15) is 42.5 Å². The number of hydrogen-bond acceptors (Lipinski definition) is 13. The van der Waals surface area contributed by atoms with Crippen molar-refractivity contribution in [3.63, 3.8) is 0 Å². The number of nitro groups is 1. The van der Waals surface area contributed by atoms with Gasteiger partial charge in [-0.05, 0) is 31.0 Å². The highest BCUT2D eigenvalue weighted by molar-refractivity contribution is 7.88. The van der Waals surface area contributed by atoms with Crippen LogP contribution in [0.4, 0.5) is 18.9 Å². The summed E-state index contributed by atoms with van der Waals surface area (Å²) in [6.07, 6.45) is 0.282. The molecule has 0 bridgehead atoms. The first-order valence-corrected chi connectivity index (χ1v) is 17.6. The number of carbonyl (C=O) groups excluding carboxylic acids is 4. The maximum atomic E-state index is 13.1. The third-order valence-corrected chi connectivity index (χ3v) is 8.54. The number of carbonyl (C=O) groups is 4. The van der Waals surface area contributed by atoms with Gasteiger partial charge in [0.2, 0.25) is 17.4 Å². The molecule has 1 aliphatic rings. The molecule has 0 fully saturated rings. The molecule has 0 aromatic heterocycles. The maximum Gasteiger partial charge on any atom is 0.534 e. The van der Waals surface area contributed by atoms with Crippen LogP contribution in [0.15, 0.2) is 84.1 Å². The molecule has 0 saturated carbocycles. The van der Waals surface area contributed by atoms with E-state index in [4.69, 9.17) is 15.9 Å². The van der Waals surface area contributed by atoms with E-state index in [2.05, 4.69) is 19.6 Å². The molecule has 1 aliphatic carbocycles. The summed E-state index contributed by atoms with van der Waals surface area (Å²) in [4.78, 5) is 60.1. The normalized spacial score (nSPS) is 12.9. The Morgan fingerprint density at radius 1 is 0.982 bits per heavy atom. The van der Waals surface area contributed by atoms with Gasteiger partial charge in [0.1, 0.15) is 5.84 Å². The summed E-state index contributed by atoms with van der Waals surface area (Å²) in [5, 5.41) is 24.2. The SMILES string of the molecule is CC(C)NC1=CC(=O)C(c2ccccc2)=C(CC(=O)NCc2ccc(C(=N)N)cc2)C1=O.COC(=O)Cc1c(OS(=O)(=O)C(F)(F)F)ccc([N+](=O)[O-])c1OC. The highest BCUT2D eigenvalue weighted by Crippen LogP contribution is 2.39. The number of nitro benzene ring substituents is 1. The number of rotatable bonds is 14. The molecule has 5 N–H and O–H groups in total. The van der Waals surface area contributed by atoms with Crippen molar-refractivity contribution in [3.05, 3.63) is 116 Å². The first-order chi connectivity index (χ1) is 26.2. The van der Waals surface area contributed by atoms with Gasteiger partial charge in [-0.2, -0.15) is 21.6 Å². The van der Waals surface area contributed by atoms with E-state index in [1.807, 2.05) is 19.9 Å². The Hall–Kier alpha value is -6.57. The first-order valence-electron chi connectivity index (χ1n) is 16.2. The van der Waals surface area contributed by atoms with Gasteiger partial charge in [-0.15, -0.1) is 0 Å². The fraction of sp³-hybridized carbons (Fsp3) is 0.250. The van der Waals surface area contributed by atoms with E-state index in [1.165, 1.54) is 6.08 Å². The minimum atomic E-state index is -6.05. The monoisotopic (exact) mass is 803 g/mol. The molecule has 0 heterocycles. The molecule has 1 amide bonds. The Bertz CT molecular complexity index is 2190. The van der Waals surface area contributed by atoms with E-state index in [-0.39, 0.29) is 59.2 Å². The van der Waals surface area contributed by atoms with E-state index in [1.54, 1.807) is 48.5 Å². The molecule has 0 radical (unpaired) electrons. The largest absolute Gasteiger partial charge is 0.534 e. The molecule has 0 unspecified atom stereocenters. The number of ether oxygens (including phenoxy) is 2. The van der Waals surface area contributed by atoms with Gasteiger partial charge in [0.25, 0.3) is 0 Å². The molecular weight excluding hydrogens is 767 g/mol. The van der Waals surface area contributed by atoms with Gasteiger partial charge in [-0.1, -0.05) is 54.6 Å². The van der Waals surface area contributed by atoms with Crippen molar-refractivity contribution in [2.75, 3.05) is 14.2 Å². The molecule has 0 spiro atoms. The first kappa shape index (κ1) is 43.8. The molecule has 0 saturated heterocycles. The molecule has 20 heteroatoms. The molecule has 3 aromatic rings. The van der Waals surface area contributed by atoms with Crippen molar-refractivity contribution < 1.29 is 59.3 Å². The Balaban J connectivity index is 0.000000314. The number of esters is 1. The predicted octanol–water partition coefficient (Wildman–Crippen LogP) is 4.01. The zero-order chi connectivity index (χ0) is 42.0. The number of nitrogens with two attached hydrogens (primary N) is 1. The fourth-order valence-electron chi connectivity index (χ4n) is 5.02. The van der Waals surface area contributed by atoms with Crippen molar-refractivity contribution in [2.24, 2.45) is 5.73 Å². The van der Waals surface area contributed by atoms with Gasteiger partial charge in [-0.3, -0.25) is 34.7 Å². The molecule has 16 nitrogen and oxygen atoms in total. The summed E-state index contributed by atoms with van der Waals surface area (Å²) >= 11 is 0. The number of allylic oxidation sites excluding steroid dienone is 3. The molecule has 0 atom stereocenters. The lowest BCUT2D eigenvalue weighted by Gasteiger charge is -2.21. The molecule has 0 aliphatic heterocycles. The minimum Gasteiger partial charge on any atom is -0.490 e. The second-order valence-corrected chi connectivity index (χ2v) is 13.5. The topological polar surface area (TPSA) is 247 Å². The minimum absolute atomic E-state index is 0.0275. The molecule has 3 aromatic carbocycles. The summed E-state index contributed by atoms with van der Waals surface area (Å²) in [6, 6.07) is 17.1. The lowest BCUT2D eigenvalue weighted by molar-refractivity contribution is -0.385. The second-order valence-electron chi connectivity index (χ2n) is 11.9. The number of benzene rings is 3. The van der Waals surface area contributed by atoms with Crippen LogP contribution in [0.25, 0.3) is 5.57 Å². The second kappa shape index (κ2) is 18.7. The van der Waals surface area contributed by atoms with Crippen LogP contribution in [0.3, 0.4) is 0 Å². The number of nitrogen functional groups attached to an aromatic ring is 1. The van der Waals surface area contributed by atoms with E-state index in [9.17, 15) is 50.9 Å². The smallest absolute Gasteiger partial charge is 0.490 e. The number of hydrogen-bond donors (Lipinski definition) is 4. The number of nitrogens with zero attached hydrogens (tertiary/aromatic N) is 1. The number of Topliss-reactive ketones (excluding diaryl/α,β-unsaturated/α-hetero) is 1. The summed E-state index contributed by atoms with van der Waals surface area (Å²) in [5.41, 5.74) is 1.11. The number of ketones is 2. The number of halogens is 3. The number of amides is 1. The standard InChI is InChI=1S/C25H26N4O3.C11H10F3NO8S/c1-15(2)29-20-13-21(30)23(17-6-4-3-5-7-17)19(24(20)32)12-22(31)28-14-16-8-10-18(11-9-16)25(26)27;1-21-9(16)5-6-8(23-24(19,20)11(12,13)14)4-3-7(15(17)18)10(6)22-2/h3-11,13,15,29H,12,14H2,1-2H3,(H3,26,27)(H,28,31);3-4H,5H2,1-2H3. The highest BCUT2D eigenvalue weighted by Gasteiger charge is 2.49. The Morgan fingerprint density at radius 3 is 2.12 bits per heavy atom. The average Bonchev–Trinajstić information content (AvgIpc) is 3.13. The molecular formula is C36H36F3N5O11S. The van der Waals surface area contributed by atoms with Crippen LogP contribution in [0.5, 0.6) is 11.5 Å². The Kier molecular flexibility index (Phi) is 14.6. The van der Waals surface area contributed by atoms with Crippen LogP contribution < -0.4 is 25.3 Å². The van der Waals surface area contributed by atoms with Crippen LogP contribution >= 0.6 is 0 Å². The van der Waals surface area contributed by atoms with Crippen LogP contribution in [0.2, 0.25) is 0 Å². The van der Waals surface area contributed by atoms with Crippen molar-refractivity contribution in [3.8, 4) is 11.5 Å². The van der Waals surface area contributed by atoms with Crippen molar-refractivity contribution in [1.29, 1.82) is 5.41 Å². The van der Waals surface area contributed by atoms with Gasteiger partial charge in [-0.25, -0.2) is 0 Å². The van der Waals surface area contributed by atoms with Gasteiger partial charge in [0.15, 0.2) is 11.5 Å². The van der Waals surface area contributed by atoms with Crippen molar-refractivity contribution in [1.82, 2.24) is 10.6 Å². The van der Waals surface area contributed by atoms with Gasteiger partial charge in [0.05, 0.1) is 43.2 Å². The lowest BCUT2D eigenvalue weighted by Crippen LogP contribution is -2.33. The third-order valence-electron chi connectivity index (χ3n) is 7.57. The number of nitrogens with one attached hydrogen (secondary N) is 3. The maximum absolute atomic E-state index is 13.1. The number of amidine groups is 1. The zero-order valence-corrected chi connectivity index (χ0v) is 31.0. The van der Waals surface area contributed by atoms with Crippen LogP contribution in [-0.4, -0.2) is 68.4 Å². The average molecular weight is 804 g/mol. The van der Waals surface area contributed by atoms with Gasteiger partial charge in [0, 0.05) is 41.4 Å². The Morgan fingerprint density at radius 2 is 1.61 bits per heavy atom. The summed E-state index contributed by atoms with van der Waals surface area (Å²) in [7, 11) is -4.14. The zero-order valence-electron chi connectivity index (χ0n) is 30.2. The van der Waals surface area contributed by atoms with Crippen LogP contribution in [0, 0.1) is 15.5 Å². The van der Waals surface area contributed by atoms with E-state index < -0.39 is 55.7 Å². The number of methoxy groups -OCH3 is 2. The van der Waals surface area contributed by atoms with Crippen LogP contribution in [-0.2, 0) is 47.0 Å². The van der Waals surface area contributed by atoms with Crippen molar-refractivity contribution >= 4 is 50.7 Å². The van der Waals surface area contributed by atoms with Crippen molar-refractivity contribution in [2.45, 2.75) is 44.8 Å². The molecule has 4 rings (SSSR count). The molecule has 298 valence electrons. The van der Waals surface area contributed by atoms with E-state index in [0.717, 1.165) is 19.8 Å². The van der Waals surface area contributed by atoms with E-state index >= 15 is 0 Å². The highest BCUT2D eigenvalue weighted by atomic mass is 32.2. The fourth-order valence-corrected chi connectivity index (χ4v) is 5.51. The predicted molar refractivity (Wildman–Crippen MR) is 195 cm³/mol. The molecule has 56 heavy (non-hydrogen) atoms. The van der Waals surface area contributed by atoms with E-state index in [0.29, 0.717) is 23.3 Å². The number of alkyl halides is 3. The quantitative estimate of drug-likeness (QED) is 0.0263. The van der Waals surface area contributed by atoms with Gasteiger partial charge < -0.3 is 30.0 Å².